The van der Waals surface area contributed by atoms with E-state index in [-0.39, 0.29) is 5.41 Å². The Labute approximate surface area is 385 Å². The molecule has 0 amide bonds. The maximum atomic E-state index is 2.51. The highest BCUT2D eigenvalue weighted by Gasteiger charge is 2.51. The summed E-state index contributed by atoms with van der Waals surface area (Å²) in [5, 5.41) is 7.63. The Balaban J connectivity index is 1.03. The molecule has 0 radical (unpaired) electrons. The molecule has 1 aliphatic heterocycles. The van der Waals surface area contributed by atoms with Gasteiger partial charge in [-0.1, -0.05) is 184 Å². The minimum absolute atomic E-state index is 0.148. The SMILES string of the molecule is CC1(C)c2ccccc2-c2ccc(N(c3ccc4c(c3)-c3ccccc3C43c4ccccc4N(c4ccccc4)c4ccccc43)c3ccc4c5ccccc5c5ccccc5c4c3)cc21. The van der Waals surface area contributed by atoms with E-state index in [1.165, 1.54) is 99.3 Å². The van der Waals surface area contributed by atoms with Gasteiger partial charge in [-0.2, -0.15) is 0 Å². The third-order valence-corrected chi connectivity index (χ3v) is 15.2. The van der Waals surface area contributed by atoms with E-state index in [4.69, 9.17) is 0 Å². The third kappa shape index (κ3) is 4.91. The third-order valence-electron chi connectivity index (χ3n) is 15.2. The Morgan fingerprint density at radius 1 is 0.303 bits per heavy atom. The Hall–Kier alpha value is -8.20. The second kappa shape index (κ2) is 13.7. The van der Waals surface area contributed by atoms with Crippen LogP contribution in [0.1, 0.15) is 47.2 Å². The van der Waals surface area contributed by atoms with Crippen LogP contribution >= 0.6 is 0 Å². The van der Waals surface area contributed by atoms with Gasteiger partial charge in [0.05, 0.1) is 16.8 Å². The van der Waals surface area contributed by atoms with E-state index in [2.05, 4.69) is 254 Å². The van der Waals surface area contributed by atoms with Crippen molar-refractivity contribution >= 4 is 66.4 Å². The zero-order chi connectivity index (χ0) is 43.7. The topological polar surface area (TPSA) is 6.48 Å². The molecule has 1 spiro atoms. The van der Waals surface area contributed by atoms with Gasteiger partial charge in [-0.05, 0) is 149 Å². The summed E-state index contributed by atoms with van der Waals surface area (Å²) in [7, 11) is 0. The molecule has 0 bridgehead atoms. The van der Waals surface area contributed by atoms with Crippen LogP contribution in [0.5, 0.6) is 0 Å². The molecule has 0 aromatic heterocycles. The standard InChI is InChI=1S/C64H44N2/c1-63(2)55-26-12-10-24-50(55)52-36-33-44(40-60(52)63)65(42-32-35-49-47-22-7-6-20-45(47)46-21-8-9-23-48(46)53(49)38-42)43-34-37-57-54(39-43)51-25-11-13-27-56(51)64(57)58-28-14-16-30-61(58)66(41-18-4-3-5-19-41)62-31-17-15-29-59(62)64/h3-40H,1-2H3. The van der Waals surface area contributed by atoms with Crippen molar-refractivity contribution in [1.82, 2.24) is 0 Å². The van der Waals surface area contributed by atoms with Gasteiger partial charge in [0.15, 0.2) is 0 Å². The summed E-state index contributed by atoms with van der Waals surface area (Å²) in [6, 6.07) is 86.4. The first-order valence-electron chi connectivity index (χ1n) is 23.2. The molecule has 0 fully saturated rings. The fourth-order valence-electron chi connectivity index (χ4n) is 12.4. The van der Waals surface area contributed by atoms with Crippen LogP contribution in [-0.2, 0) is 10.8 Å². The van der Waals surface area contributed by atoms with Gasteiger partial charge < -0.3 is 9.80 Å². The molecular weight excluding hydrogens is 797 g/mol. The van der Waals surface area contributed by atoms with Crippen LogP contribution in [0.2, 0.25) is 0 Å². The van der Waals surface area contributed by atoms with Crippen LogP contribution in [-0.4, -0.2) is 0 Å². The highest BCUT2D eigenvalue weighted by atomic mass is 15.2. The Morgan fingerprint density at radius 2 is 0.742 bits per heavy atom. The molecule has 2 nitrogen and oxygen atoms in total. The zero-order valence-corrected chi connectivity index (χ0v) is 36.8. The van der Waals surface area contributed by atoms with E-state index >= 15 is 0 Å². The van der Waals surface area contributed by atoms with Crippen LogP contribution in [0.15, 0.2) is 231 Å². The lowest BCUT2D eigenvalue weighted by molar-refractivity contribution is 0.660. The van der Waals surface area contributed by atoms with Crippen molar-refractivity contribution < 1.29 is 0 Å². The van der Waals surface area contributed by atoms with Crippen LogP contribution in [0, 0.1) is 0 Å². The Bertz CT molecular complexity index is 3740. The molecule has 0 saturated carbocycles. The van der Waals surface area contributed by atoms with Gasteiger partial charge in [-0.15, -0.1) is 0 Å². The van der Waals surface area contributed by atoms with E-state index in [0.717, 1.165) is 22.7 Å². The van der Waals surface area contributed by atoms with E-state index in [1.54, 1.807) is 0 Å². The average Bonchev–Trinajstić information content (AvgIpc) is 3.79. The molecule has 0 N–H and O–H groups in total. The van der Waals surface area contributed by atoms with E-state index in [9.17, 15) is 0 Å². The molecule has 0 unspecified atom stereocenters. The molecule has 66 heavy (non-hydrogen) atoms. The molecule has 2 heteroatoms. The van der Waals surface area contributed by atoms with E-state index < -0.39 is 5.41 Å². The van der Waals surface area contributed by atoms with Crippen molar-refractivity contribution in [2.45, 2.75) is 24.7 Å². The van der Waals surface area contributed by atoms with Gasteiger partial charge in [0.1, 0.15) is 0 Å². The molecule has 14 rings (SSSR count). The first-order chi connectivity index (χ1) is 32.5. The summed E-state index contributed by atoms with van der Waals surface area (Å²) in [5.74, 6) is 0. The van der Waals surface area contributed by atoms with Gasteiger partial charge in [0, 0.05) is 28.2 Å². The summed E-state index contributed by atoms with van der Waals surface area (Å²) < 4.78 is 0. The largest absolute Gasteiger partial charge is 0.310 e. The fraction of sp³-hybridized carbons (Fsp3) is 0.0625. The number of anilines is 6. The summed E-state index contributed by atoms with van der Waals surface area (Å²) >= 11 is 0. The minimum atomic E-state index is -0.528. The molecule has 0 saturated heterocycles. The maximum absolute atomic E-state index is 2.51. The van der Waals surface area contributed by atoms with Crippen molar-refractivity contribution in [2.75, 3.05) is 9.80 Å². The van der Waals surface area contributed by atoms with Crippen molar-refractivity contribution in [1.29, 1.82) is 0 Å². The highest BCUT2D eigenvalue weighted by Crippen LogP contribution is 2.64. The monoisotopic (exact) mass is 840 g/mol. The Kier molecular flexibility index (Phi) is 7.70. The van der Waals surface area contributed by atoms with Gasteiger partial charge in [0.25, 0.3) is 0 Å². The first-order valence-corrected chi connectivity index (χ1v) is 23.2. The normalized spacial score (nSPS) is 14.4. The number of fused-ring (bicyclic) bond motifs is 18. The molecule has 2 aliphatic carbocycles. The number of hydrogen-bond donors (Lipinski definition) is 0. The molecule has 1 heterocycles. The number of benzene rings is 11. The van der Waals surface area contributed by atoms with Gasteiger partial charge in [-0.25, -0.2) is 0 Å². The number of nitrogens with zero attached hydrogens (tertiary/aromatic N) is 2. The predicted octanol–water partition coefficient (Wildman–Crippen LogP) is 17.1. The summed E-state index contributed by atoms with van der Waals surface area (Å²) in [4.78, 5) is 4.96. The fourth-order valence-corrected chi connectivity index (χ4v) is 12.4. The van der Waals surface area contributed by atoms with Crippen LogP contribution in [0.3, 0.4) is 0 Å². The number of para-hydroxylation sites is 3. The summed E-state index contributed by atoms with van der Waals surface area (Å²) in [5.41, 5.74) is 19.4. The van der Waals surface area contributed by atoms with Crippen LogP contribution in [0.4, 0.5) is 34.1 Å². The second-order valence-electron chi connectivity index (χ2n) is 18.8. The first kappa shape index (κ1) is 37.2. The zero-order valence-electron chi connectivity index (χ0n) is 36.8. The molecule has 310 valence electrons. The molecule has 11 aromatic carbocycles. The number of hydrogen-bond acceptors (Lipinski definition) is 2. The molecular formula is C64H44N2. The van der Waals surface area contributed by atoms with E-state index in [1.807, 2.05) is 0 Å². The molecule has 3 aliphatic rings. The van der Waals surface area contributed by atoms with Crippen molar-refractivity contribution in [2.24, 2.45) is 0 Å². The van der Waals surface area contributed by atoms with E-state index in [0.29, 0.717) is 0 Å². The van der Waals surface area contributed by atoms with Gasteiger partial charge >= 0.3 is 0 Å². The average molecular weight is 841 g/mol. The lowest BCUT2D eigenvalue weighted by atomic mass is 9.64. The van der Waals surface area contributed by atoms with Crippen molar-refractivity contribution in [3.05, 3.63) is 264 Å². The van der Waals surface area contributed by atoms with Crippen LogP contribution in [0.25, 0.3) is 54.6 Å². The highest BCUT2D eigenvalue weighted by molar-refractivity contribution is 6.25. The summed E-state index contributed by atoms with van der Waals surface area (Å²) in [6.07, 6.45) is 0. The quantitative estimate of drug-likeness (QED) is 0.163. The van der Waals surface area contributed by atoms with Crippen LogP contribution < -0.4 is 9.80 Å². The number of rotatable bonds is 4. The van der Waals surface area contributed by atoms with Gasteiger partial charge in [0.2, 0.25) is 0 Å². The molecule has 0 atom stereocenters. The second-order valence-corrected chi connectivity index (χ2v) is 18.8. The van der Waals surface area contributed by atoms with Gasteiger partial charge in [-0.3, -0.25) is 0 Å². The lowest BCUT2D eigenvalue weighted by Gasteiger charge is -2.45. The Morgan fingerprint density at radius 3 is 1.41 bits per heavy atom. The van der Waals surface area contributed by atoms with Crippen molar-refractivity contribution in [3.8, 4) is 22.3 Å². The maximum Gasteiger partial charge on any atom is 0.0754 e. The smallest absolute Gasteiger partial charge is 0.0754 e. The minimum Gasteiger partial charge on any atom is -0.310 e. The molecule has 11 aromatic rings. The summed E-state index contributed by atoms with van der Waals surface area (Å²) in [6.45, 7) is 4.76. The lowest BCUT2D eigenvalue weighted by Crippen LogP contribution is -2.36. The van der Waals surface area contributed by atoms with Crippen molar-refractivity contribution in [3.63, 3.8) is 0 Å². The predicted molar refractivity (Wildman–Crippen MR) is 277 cm³/mol.